The van der Waals surface area contributed by atoms with Crippen LogP contribution in [0.25, 0.3) is 0 Å². The smallest absolute Gasteiger partial charge is 0.258 e. The van der Waals surface area contributed by atoms with Crippen LogP contribution in [0.5, 0.6) is 5.88 Å². The average Bonchev–Trinajstić information content (AvgIpc) is 2.47. The molecule has 60 valence electrons. The molecule has 0 bridgehead atoms. The van der Waals surface area contributed by atoms with Crippen molar-refractivity contribution in [2.45, 2.75) is 13.0 Å². The Labute approximate surface area is 64.5 Å². The van der Waals surface area contributed by atoms with Gasteiger partial charge in [0.1, 0.15) is 5.76 Å². The molecule has 1 aromatic rings. The molecule has 0 radical (unpaired) electrons. The quantitative estimate of drug-likeness (QED) is 0.633. The van der Waals surface area contributed by atoms with E-state index in [1.807, 2.05) is 0 Å². The summed E-state index contributed by atoms with van der Waals surface area (Å²) in [5, 5.41) is 7.00. The molecule has 2 heterocycles. The van der Waals surface area contributed by atoms with E-state index < -0.39 is 0 Å². The summed E-state index contributed by atoms with van der Waals surface area (Å²) in [6.07, 6.45) is 0.908. The fraction of sp³-hybridized carbons (Fsp3) is 0.571. The van der Waals surface area contributed by atoms with Crippen LogP contribution in [-0.4, -0.2) is 18.8 Å². The molecule has 0 saturated carbocycles. The minimum atomic E-state index is 0.618. The molecular weight excluding hydrogens is 144 g/mol. The molecule has 1 aliphatic rings. The highest BCUT2D eigenvalue weighted by Gasteiger charge is 2.18. The molecule has 0 amide bonds. The van der Waals surface area contributed by atoms with Crippen LogP contribution in [0.4, 0.5) is 0 Å². The van der Waals surface area contributed by atoms with Gasteiger partial charge >= 0.3 is 0 Å². The van der Waals surface area contributed by atoms with Crippen molar-refractivity contribution in [3.05, 3.63) is 11.3 Å². The summed E-state index contributed by atoms with van der Waals surface area (Å²) in [6.45, 7) is 1.77. The molecule has 0 spiro atoms. The van der Waals surface area contributed by atoms with Crippen LogP contribution in [0.3, 0.4) is 0 Å². The number of fused-ring (bicyclic) bond motifs is 1. The van der Waals surface area contributed by atoms with Gasteiger partial charge in [0, 0.05) is 19.5 Å². The SMILES string of the molecule is COc1noc2c1CNCC2. The maximum absolute atomic E-state index is 5.06. The zero-order valence-corrected chi connectivity index (χ0v) is 6.39. The zero-order chi connectivity index (χ0) is 7.68. The van der Waals surface area contributed by atoms with Gasteiger partial charge in [0.25, 0.3) is 5.88 Å². The largest absolute Gasteiger partial charge is 0.479 e. The molecule has 0 atom stereocenters. The van der Waals surface area contributed by atoms with Gasteiger partial charge in [-0.2, -0.15) is 0 Å². The second-order valence-corrected chi connectivity index (χ2v) is 2.52. The number of nitrogens with one attached hydrogen (secondary N) is 1. The molecular formula is C7H10N2O2. The number of ether oxygens (including phenoxy) is 1. The number of hydrogen-bond acceptors (Lipinski definition) is 4. The van der Waals surface area contributed by atoms with Gasteiger partial charge in [0.15, 0.2) is 0 Å². The molecule has 0 saturated heterocycles. The molecule has 1 N–H and O–H groups in total. The topological polar surface area (TPSA) is 47.3 Å². The van der Waals surface area contributed by atoms with Gasteiger partial charge in [-0.3, -0.25) is 0 Å². The Bertz CT molecular complexity index is 243. The summed E-state index contributed by atoms with van der Waals surface area (Å²) in [5.41, 5.74) is 1.07. The predicted octanol–water partition coefficient (Wildman–Crippen LogP) is 0.329. The third kappa shape index (κ3) is 0.991. The van der Waals surface area contributed by atoms with Crippen molar-refractivity contribution in [3.63, 3.8) is 0 Å². The minimum absolute atomic E-state index is 0.618. The Morgan fingerprint density at radius 1 is 1.64 bits per heavy atom. The molecule has 0 unspecified atom stereocenters. The van der Waals surface area contributed by atoms with Crippen molar-refractivity contribution in [1.82, 2.24) is 10.5 Å². The van der Waals surface area contributed by atoms with Crippen molar-refractivity contribution in [2.24, 2.45) is 0 Å². The van der Waals surface area contributed by atoms with Crippen LogP contribution in [0, 0.1) is 0 Å². The second kappa shape index (κ2) is 2.54. The first-order chi connectivity index (χ1) is 5.42. The van der Waals surface area contributed by atoms with E-state index in [-0.39, 0.29) is 0 Å². The van der Waals surface area contributed by atoms with E-state index in [0.717, 1.165) is 30.8 Å². The van der Waals surface area contributed by atoms with E-state index in [1.165, 1.54) is 0 Å². The summed E-state index contributed by atoms with van der Waals surface area (Å²) in [6, 6.07) is 0. The molecule has 4 nitrogen and oxygen atoms in total. The fourth-order valence-corrected chi connectivity index (χ4v) is 1.27. The van der Waals surface area contributed by atoms with Crippen molar-refractivity contribution < 1.29 is 9.26 Å². The highest BCUT2D eigenvalue weighted by atomic mass is 16.5. The fourth-order valence-electron chi connectivity index (χ4n) is 1.27. The normalized spacial score (nSPS) is 16.1. The van der Waals surface area contributed by atoms with E-state index in [1.54, 1.807) is 7.11 Å². The van der Waals surface area contributed by atoms with Crippen LogP contribution >= 0.6 is 0 Å². The van der Waals surface area contributed by atoms with Gasteiger partial charge < -0.3 is 14.6 Å². The first-order valence-electron chi connectivity index (χ1n) is 3.64. The lowest BCUT2D eigenvalue weighted by molar-refractivity contribution is 0.326. The molecule has 11 heavy (non-hydrogen) atoms. The lowest BCUT2D eigenvalue weighted by Gasteiger charge is -2.09. The van der Waals surface area contributed by atoms with Gasteiger partial charge in [-0.15, -0.1) is 0 Å². The Hall–Kier alpha value is -1.03. The number of rotatable bonds is 1. The second-order valence-electron chi connectivity index (χ2n) is 2.52. The lowest BCUT2D eigenvalue weighted by atomic mass is 10.1. The molecule has 0 aliphatic carbocycles. The number of nitrogens with zero attached hydrogens (tertiary/aromatic N) is 1. The van der Waals surface area contributed by atoms with Crippen LogP contribution in [-0.2, 0) is 13.0 Å². The van der Waals surface area contributed by atoms with Gasteiger partial charge in [-0.25, -0.2) is 0 Å². The Kier molecular flexibility index (Phi) is 1.54. The summed E-state index contributed by atoms with van der Waals surface area (Å²) >= 11 is 0. The van der Waals surface area contributed by atoms with Crippen LogP contribution in [0.2, 0.25) is 0 Å². The third-order valence-corrected chi connectivity index (χ3v) is 1.86. The van der Waals surface area contributed by atoms with Crippen LogP contribution < -0.4 is 10.1 Å². The number of hydrogen-bond donors (Lipinski definition) is 1. The Balaban J connectivity index is 2.38. The molecule has 0 fully saturated rings. The van der Waals surface area contributed by atoms with Crippen molar-refractivity contribution in [1.29, 1.82) is 0 Å². The molecule has 0 aromatic carbocycles. The van der Waals surface area contributed by atoms with Crippen molar-refractivity contribution >= 4 is 0 Å². The van der Waals surface area contributed by atoms with Gasteiger partial charge in [0.2, 0.25) is 0 Å². The molecule has 4 heteroatoms. The third-order valence-electron chi connectivity index (χ3n) is 1.86. The Morgan fingerprint density at radius 3 is 3.36 bits per heavy atom. The first-order valence-corrected chi connectivity index (χ1v) is 3.64. The highest BCUT2D eigenvalue weighted by molar-refractivity contribution is 5.29. The average molecular weight is 154 g/mol. The summed E-state index contributed by atoms with van der Waals surface area (Å²) in [4.78, 5) is 0. The predicted molar refractivity (Wildman–Crippen MR) is 38.5 cm³/mol. The highest BCUT2D eigenvalue weighted by Crippen LogP contribution is 2.23. The van der Waals surface area contributed by atoms with Crippen molar-refractivity contribution in [2.75, 3.05) is 13.7 Å². The minimum Gasteiger partial charge on any atom is -0.479 e. The first kappa shape index (κ1) is 6.67. The monoisotopic (exact) mass is 154 g/mol. The maximum atomic E-state index is 5.06. The number of methoxy groups -OCH3 is 1. The van der Waals surface area contributed by atoms with Crippen molar-refractivity contribution in [3.8, 4) is 5.88 Å². The van der Waals surface area contributed by atoms with E-state index in [4.69, 9.17) is 9.26 Å². The van der Waals surface area contributed by atoms with Crippen LogP contribution in [0.1, 0.15) is 11.3 Å². The van der Waals surface area contributed by atoms with Gasteiger partial charge in [0.05, 0.1) is 12.7 Å². The molecule has 1 aliphatic heterocycles. The summed E-state index contributed by atoms with van der Waals surface area (Å²) < 4.78 is 10.1. The van der Waals surface area contributed by atoms with Gasteiger partial charge in [-0.05, 0) is 5.16 Å². The van der Waals surface area contributed by atoms with E-state index in [0.29, 0.717) is 5.88 Å². The van der Waals surface area contributed by atoms with E-state index in [2.05, 4.69) is 10.5 Å². The van der Waals surface area contributed by atoms with E-state index >= 15 is 0 Å². The lowest BCUT2D eigenvalue weighted by Crippen LogP contribution is -2.22. The molecule has 1 aromatic heterocycles. The summed E-state index contributed by atoms with van der Waals surface area (Å²) in [5.74, 6) is 1.58. The van der Waals surface area contributed by atoms with Crippen LogP contribution in [0.15, 0.2) is 4.52 Å². The number of aromatic nitrogens is 1. The van der Waals surface area contributed by atoms with Gasteiger partial charge in [-0.1, -0.05) is 0 Å². The molecule has 2 rings (SSSR count). The summed E-state index contributed by atoms with van der Waals surface area (Å²) in [7, 11) is 1.60. The maximum Gasteiger partial charge on any atom is 0.258 e. The standard InChI is InChI=1S/C7H10N2O2/c1-10-7-5-4-8-3-2-6(5)11-9-7/h8H,2-4H2,1H3. The van der Waals surface area contributed by atoms with E-state index in [9.17, 15) is 0 Å². The Morgan fingerprint density at radius 2 is 2.55 bits per heavy atom. The zero-order valence-electron chi connectivity index (χ0n) is 6.39.